The molecular formula is C23H27N5O2. The molecule has 1 fully saturated rings. The fourth-order valence-corrected chi connectivity index (χ4v) is 3.78. The molecule has 0 atom stereocenters. The van der Waals surface area contributed by atoms with Crippen molar-refractivity contribution in [3.8, 4) is 0 Å². The van der Waals surface area contributed by atoms with Gasteiger partial charge in [0.15, 0.2) is 0 Å². The Balaban J connectivity index is 1.35. The number of hydrogen-bond acceptors (Lipinski definition) is 5. The molecule has 1 amide bonds. The second kappa shape index (κ2) is 9.19. The lowest BCUT2D eigenvalue weighted by Crippen LogP contribution is -2.43. The van der Waals surface area contributed by atoms with Gasteiger partial charge in [-0.3, -0.25) is 19.2 Å². The molecule has 1 aliphatic heterocycles. The van der Waals surface area contributed by atoms with Gasteiger partial charge in [0, 0.05) is 44.7 Å². The Morgan fingerprint density at radius 1 is 1.03 bits per heavy atom. The van der Waals surface area contributed by atoms with Gasteiger partial charge in [-0.1, -0.05) is 36.4 Å². The molecule has 2 aromatic carbocycles. The molecule has 2 heterocycles. The van der Waals surface area contributed by atoms with E-state index in [4.69, 9.17) is 0 Å². The van der Waals surface area contributed by atoms with Gasteiger partial charge in [-0.25, -0.2) is 0 Å². The fourth-order valence-electron chi connectivity index (χ4n) is 3.78. The molecule has 1 aromatic heterocycles. The number of carbonyl (C=O) groups excluding carboxylic acids is 1. The number of para-hydroxylation sites is 1. The Morgan fingerprint density at radius 2 is 1.80 bits per heavy atom. The number of piperazine rings is 1. The minimum absolute atomic E-state index is 0.0712. The summed E-state index contributed by atoms with van der Waals surface area (Å²) < 4.78 is 1.57. The van der Waals surface area contributed by atoms with E-state index in [1.165, 1.54) is 11.8 Å². The molecule has 7 nitrogen and oxygen atoms in total. The van der Waals surface area contributed by atoms with Crippen LogP contribution in [0, 0.1) is 0 Å². The summed E-state index contributed by atoms with van der Waals surface area (Å²) in [6.45, 7) is 5.83. The second-order valence-electron chi connectivity index (χ2n) is 7.86. The van der Waals surface area contributed by atoms with Gasteiger partial charge in [0.05, 0.1) is 11.7 Å². The van der Waals surface area contributed by atoms with E-state index in [1.54, 1.807) is 16.8 Å². The third-order valence-electron chi connectivity index (χ3n) is 5.54. The van der Waals surface area contributed by atoms with E-state index in [-0.39, 0.29) is 17.9 Å². The van der Waals surface area contributed by atoms with E-state index in [2.05, 4.69) is 39.4 Å². The summed E-state index contributed by atoms with van der Waals surface area (Å²) >= 11 is 0. The summed E-state index contributed by atoms with van der Waals surface area (Å²) in [5.74, 6) is -0.138. The number of rotatable bonds is 6. The predicted octanol–water partition coefficient (Wildman–Crippen LogP) is 1.46. The summed E-state index contributed by atoms with van der Waals surface area (Å²) in [6.07, 6.45) is 1.26. The smallest absolute Gasteiger partial charge is 0.242 e. The number of benzene rings is 2. The van der Waals surface area contributed by atoms with Gasteiger partial charge in [0.2, 0.25) is 11.3 Å². The predicted molar refractivity (Wildman–Crippen MR) is 117 cm³/mol. The van der Waals surface area contributed by atoms with Crippen molar-refractivity contribution in [2.75, 3.05) is 33.2 Å². The van der Waals surface area contributed by atoms with E-state index in [0.717, 1.165) is 38.3 Å². The summed E-state index contributed by atoms with van der Waals surface area (Å²) in [4.78, 5) is 29.2. The number of fused-ring (bicyclic) bond motifs is 1. The van der Waals surface area contributed by atoms with Crippen LogP contribution in [0.15, 0.2) is 59.5 Å². The zero-order chi connectivity index (χ0) is 20.9. The maximum Gasteiger partial charge on any atom is 0.242 e. The van der Waals surface area contributed by atoms with Crippen molar-refractivity contribution in [1.29, 1.82) is 0 Å². The lowest BCUT2D eigenvalue weighted by molar-refractivity contribution is -0.121. The summed E-state index contributed by atoms with van der Waals surface area (Å²) in [5, 5.41) is 7.65. The lowest BCUT2D eigenvalue weighted by Gasteiger charge is -2.32. The van der Waals surface area contributed by atoms with Crippen molar-refractivity contribution in [3.63, 3.8) is 0 Å². The van der Waals surface area contributed by atoms with Crippen molar-refractivity contribution in [2.45, 2.75) is 19.6 Å². The molecule has 1 saturated heterocycles. The van der Waals surface area contributed by atoms with Crippen molar-refractivity contribution in [3.05, 3.63) is 76.1 Å². The highest BCUT2D eigenvalue weighted by molar-refractivity contribution is 5.81. The minimum Gasteiger partial charge on any atom is -0.350 e. The lowest BCUT2D eigenvalue weighted by atomic mass is 10.1. The number of hydrogen-bond donors (Lipinski definition) is 1. The third kappa shape index (κ3) is 4.93. The Bertz CT molecular complexity index is 1090. The Labute approximate surface area is 175 Å². The molecule has 3 aromatic rings. The first-order valence-corrected chi connectivity index (χ1v) is 10.3. The number of nitrogens with one attached hydrogen (secondary N) is 1. The average Bonchev–Trinajstić information content (AvgIpc) is 2.76. The molecule has 0 bridgehead atoms. The van der Waals surface area contributed by atoms with E-state index in [9.17, 15) is 9.59 Å². The van der Waals surface area contributed by atoms with Crippen LogP contribution in [0.25, 0.3) is 10.9 Å². The summed E-state index contributed by atoms with van der Waals surface area (Å²) in [5.41, 5.74) is 2.86. The van der Waals surface area contributed by atoms with E-state index in [1.807, 2.05) is 24.3 Å². The first kappa shape index (κ1) is 20.3. The highest BCUT2D eigenvalue weighted by Gasteiger charge is 2.14. The van der Waals surface area contributed by atoms with Crippen molar-refractivity contribution in [2.24, 2.45) is 0 Å². The maximum atomic E-state index is 12.5. The molecule has 156 valence electrons. The average molecular weight is 406 g/mol. The Hall–Kier alpha value is -3.03. The molecular weight excluding hydrogens is 378 g/mol. The zero-order valence-electron chi connectivity index (χ0n) is 17.3. The van der Waals surface area contributed by atoms with Crippen LogP contribution in [0.4, 0.5) is 0 Å². The normalized spacial score (nSPS) is 15.4. The minimum atomic E-state index is -0.139. The van der Waals surface area contributed by atoms with Crippen LogP contribution in [0.1, 0.15) is 11.1 Å². The van der Waals surface area contributed by atoms with Crippen LogP contribution in [0.5, 0.6) is 0 Å². The van der Waals surface area contributed by atoms with Gasteiger partial charge < -0.3 is 10.2 Å². The standard InChI is InChI=1S/C23H27N5O2/c1-26-9-11-27(12-10-26)16-19-6-4-5-18(13-19)14-24-23(30)17-28-21-8-3-2-7-20(21)22(29)15-25-28/h2-8,13,15H,9-12,14,16-17H2,1H3,(H,24,30). The first-order valence-electron chi connectivity index (χ1n) is 10.3. The Morgan fingerprint density at radius 3 is 2.63 bits per heavy atom. The van der Waals surface area contributed by atoms with Crippen molar-refractivity contribution >= 4 is 16.8 Å². The van der Waals surface area contributed by atoms with Crippen LogP contribution in [-0.4, -0.2) is 58.7 Å². The van der Waals surface area contributed by atoms with Crippen LogP contribution in [0.2, 0.25) is 0 Å². The molecule has 1 N–H and O–H groups in total. The molecule has 0 unspecified atom stereocenters. The van der Waals surface area contributed by atoms with Crippen molar-refractivity contribution < 1.29 is 4.79 Å². The topological polar surface area (TPSA) is 70.5 Å². The fraction of sp³-hybridized carbons (Fsp3) is 0.348. The summed E-state index contributed by atoms with van der Waals surface area (Å²) in [7, 11) is 2.16. The molecule has 7 heteroatoms. The number of aromatic nitrogens is 2. The number of amides is 1. The van der Waals surface area contributed by atoms with Crippen LogP contribution in [-0.2, 0) is 24.4 Å². The maximum absolute atomic E-state index is 12.5. The van der Waals surface area contributed by atoms with Gasteiger partial charge in [-0.2, -0.15) is 5.10 Å². The zero-order valence-corrected chi connectivity index (χ0v) is 17.3. The number of likely N-dealkylation sites (N-methyl/N-ethyl adjacent to an activating group) is 1. The third-order valence-corrected chi connectivity index (χ3v) is 5.54. The molecule has 0 radical (unpaired) electrons. The first-order chi connectivity index (χ1) is 14.6. The highest BCUT2D eigenvalue weighted by atomic mass is 16.2. The van der Waals surface area contributed by atoms with Crippen LogP contribution in [0.3, 0.4) is 0 Å². The molecule has 0 aliphatic carbocycles. The second-order valence-corrected chi connectivity index (χ2v) is 7.86. The van der Waals surface area contributed by atoms with Gasteiger partial charge in [0.1, 0.15) is 6.54 Å². The van der Waals surface area contributed by atoms with Gasteiger partial charge in [-0.15, -0.1) is 0 Å². The molecule has 30 heavy (non-hydrogen) atoms. The van der Waals surface area contributed by atoms with E-state index >= 15 is 0 Å². The molecule has 0 saturated carbocycles. The van der Waals surface area contributed by atoms with E-state index in [0.29, 0.717) is 17.4 Å². The molecule has 0 spiro atoms. The summed E-state index contributed by atoms with van der Waals surface area (Å²) in [6, 6.07) is 15.6. The molecule has 1 aliphatic rings. The van der Waals surface area contributed by atoms with Crippen LogP contribution < -0.4 is 10.7 Å². The van der Waals surface area contributed by atoms with E-state index < -0.39 is 0 Å². The number of carbonyl (C=O) groups is 1. The van der Waals surface area contributed by atoms with Gasteiger partial charge in [-0.05, 0) is 30.3 Å². The van der Waals surface area contributed by atoms with Crippen LogP contribution >= 0.6 is 0 Å². The SMILES string of the molecule is CN1CCN(Cc2cccc(CNC(=O)Cn3ncc(=O)c4ccccc43)c2)CC1. The van der Waals surface area contributed by atoms with Gasteiger partial charge >= 0.3 is 0 Å². The highest BCUT2D eigenvalue weighted by Crippen LogP contribution is 2.11. The van der Waals surface area contributed by atoms with Gasteiger partial charge in [0.25, 0.3) is 0 Å². The monoisotopic (exact) mass is 405 g/mol. The number of nitrogens with zero attached hydrogens (tertiary/aromatic N) is 4. The molecule has 4 rings (SSSR count). The largest absolute Gasteiger partial charge is 0.350 e. The quantitative estimate of drug-likeness (QED) is 0.672. The van der Waals surface area contributed by atoms with Crippen molar-refractivity contribution in [1.82, 2.24) is 24.9 Å². The Kier molecular flexibility index (Phi) is 6.21.